The smallest absolute Gasteiger partial charge is 0.0417 e. The van der Waals surface area contributed by atoms with Crippen LogP contribution >= 0.6 is 27.5 Å². The lowest BCUT2D eigenvalue weighted by Crippen LogP contribution is -2.29. The molecule has 1 saturated heterocycles. The molecule has 0 saturated carbocycles. The Morgan fingerprint density at radius 3 is 2.89 bits per heavy atom. The molecule has 2 unspecified atom stereocenters. The molecule has 1 aliphatic heterocycles. The zero-order chi connectivity index (χ0) is 13.1. The molecular weight excluding hydrogens is 312 g/mol. The van der Waals surface area contributed by atoms with E-state index >= 15 is 0 Å². The second-order valence-electron chi connectivity index (χ2n) is 4.85. The summed E-state index contributed by atoms with van der Waals surface area (Å²) < 4.78 is 1.13. The lowest BCUT2D eigenvalue weighted by Gasteiger charge is -2.28. The number of benzene rings is 1. The maximum Gasteiger partial charge on any atom is 0.0417 e. The van der Waals surface area contributed by atoms with Crippen molar-refractivity contribution in [2.24, 2.45) is 5.92 Å². The Bertz CT molecular complexity index is 411. The summed E-state index contributed by atoms with van der Waals surface area (Å²) >= 11 is 9.70. The summed E-state index contributed by atoms with van der Waals surface area (Å²) in [6.45, 7) is 5.58. The Hall–Kier alpha value is -0.0900. The van der Waals surface area contributed by atoms with Gasteiger partial charge in [0.25, 0.3) is 0 Å². The fraction of sp³-hybridized carbons (Fsp3) is 0.571. The van der Waals surface area contributed by atoms with Crippen molar-refractivity contribution in [1.82, 2.24) is 10.2 Å². The second-order valence-corrected chi connectivity index (χ2v) is 6.14. The molecule has 0 amide bonds. The number of nitrogens with zero attached hydrogens (tertiary/aromatic N) is 1. The van der Waals surface area contributed by atoms with E-state index in [-0.39, 0.29) is 0 Å². The highest BCUT2D eigenvalue weighted by Gasteiger charge is 2.34. The van der Waals surface area contributed by atoms with Crippen LogP contribution in [-0.2, 0) is 0 Å². The quantitative estimate of drug-likeness (QED) is 0.905. The van der Waals surface area contributed by atoms with Gasteiger partial charge < -0.3 is 5.32 Å². The van der Waals surface area contributed by atoms with Crippen LogP contribution in [0.1, 0.15) is 24.9 Å². The van der Waals surface area contributed by atoms with E-state index in [1.165, 1.54) is 18.5 Å². The van der Waals surface area contributed by atoms with E-state index in [1.807, 2.05) is 19.2 Å². The molecule has 0 aliphatic carbocycles. The molecule has 4 heteroatoms. The highest BCUT2D eigenvalue weighted by atomic mass is 79.9. The molecule has 1 N–H and O–H groups in total. The van der Waals surface area contributed by atoms with Crippen molar-refractivity contribution in [3.05, 3.63) is 33.3 Å². The van der Waals surface area contributed by atoms with Crippen molar-refractivity contribution < 1.29 is 0 Å². The van der Waals surface area contributed by atoms with Crippen molar-refractivity contribution >= 4 is 27.5 Å². The van der Waals surface area contributed by atoms with Crippen LogP contribution in [0.5, 0.6) is 0 Å². The molecule has 1 aliphatic rings. The van der Waals surface area contributed by atoms with Gasteiger partial charge in [0.05, 0.1) is 0 Å². The molecule has 18 heavy (non-hydrogen) atoms. The minimum atomic E-state index is 0.495. The lowest BCUT2D eigenvalue weighted by atomic mass is 9.93. The molecule has 0 radical (unpaired) electrons. The van der Waals surface area contributed by atoms with Crippen LogP contribution in [0.15, 0.2) is 22.7 Å². The van der Waals surface area contributed by atoms with Crippen LogP contribution in [0, 0.1) is 5.92 Å². The number of nitrogens with one attached hydrogen (secondary N) is 1. The highest BCUT2D eigenvalue weighted by molar-refractivity contribution is 9.10. The van der Waals surface area contributed by atoms with Gasteiger partial charge in [0.1, 0.15) is 0 Å². The molecule has 1 aromatic rings. The molecule has 1 heterocycles. The Kier molecular flexibility index (Phi) is 5.07. The predicted molar refractivity (Wildman–Crippen MR) is 81.2 cm³/mol. The highest BCUT2D eigenvalue weighted by Crippen LogP contribution is 2.40. The van der Waals surface area contributed by atoms with Gasteiger partial charge in [-0.15, -0.1) is 0 Å². The summed E-state index contributed by atoms with van der Waals surface area (Å²) in [5.74, 6) is 0.674. The summed E-state index contributed by atoms with van der Waals surface area (Å²) in [5.41, 5.74) is 1.36. The van der Waals surface area contributed by atoms with Crippen molar-refractivity contribution in [3.63, 3.8) is 0 Å². The molecule has 1 aromatic carbocycles. The van der Waals surface area contributed by atoms with Gasteiger partial charge in [0.2, 0.25) is 0 Å². The van der Waals surface area contributed by atoms with E-state index in [0.717, 1.165) is 22.6 Å². The van der Waals surface area contributed by atoms with Gasteiger partial charge >= 0.3 is 0 Å². The van der Waals surface area contributed by atoms with Gasteiger partial charge in [-0.2, -0.15) is 0 Å². The van der Waals surface area contributed by atoms with Gasteiger partial charge in [-0.3, -0.25) is 4.90 Å². The normalized spacial score (nSPS) is 24.7. The summed E-state index contributed by atoms with van der Waals surface area (Å²) in [6, 6.07) is 6.64. The SMILES string of the molecule is CCN1CCC(CNC)C1c1ccc(Cl)cc1Br. The Morgan fingerprint density at radius 1 is 1.50 bits per heavy atom. The summed E-state index contributed by atoms with van der Waals surface area (Å²) in [5, 5.41) is 4.11. The average Bonchev–Trinajstić information content (AvgIpc) is 2.73. The second kappa shape index (κ2) is 6.38. The maximum atomic E-state index is 6.04. The predicted octanol–water partition coefficient (Wildman–Crippen LogP) is 3.70. The molecule has 0 aromatic heterocycles. The average molecular weight is 332 g/mol. The van der Waals surface area contributed by atoms with E-state index in [1.54, 1.807) is 0 Å². The van der Waals surface area contributed by atoms with Crippen LogP contribution in [0.2, 0.25) is 5.02 Å². The number of hydrogen-bond acceptors (Lipinski definition) is 2. The minimum Gasteiger partial charge on any atom is -0.319 e. The van der Waals surface area contributed by atoms with Crippen LogP contribution in [-0.4, -0.2) is 31.6 Å². The molecule has 0 bridgehead atoms. The third-order valence-corrected chi connectivity index (χ3v) is 4.70. The van der Waals surface area contributed by atoms with Crippen molar-refractivity contribution in [1.29, 1.82) is 0 Å². The zero-order valence-corrected chi connectivity index (χ0v) is 13.3. The maximum absolute atomic E-state index is 6.04. The molecule has 2 rings (SSSR count). The van der Waals surface area contributed by atoms with E-state index in [0.29, 0.717) is 12.0 Å². The van der Waals surface area contributed by atoms with Crippen molar-refractivity contribution in [3.8, 4) is 0 Å². The Morgan fingerprint density at radius 2 is 2.28 bits per heavy atom. The number of halogens is 2. The number of hydrogen-bond donors (Lipinski definition) is 1. The van der Waals surface area contributed by atoms with Crippen LogP contribution < -0.4 is 5.32 Å². The van der Waals surface area contributed by atoms with Gasteiger partial charge in [0.15, 0.2) is 0 Å². The number of rotatable bonds is 4. The van der Waals surface area contributed by atoms with E-state index in [2.05, 4.69) is 39.1 Å². The van der Waals surface area contributed by atoms with Crippen molar-refractivity contribution in [2.45, 2.75) is 19.4 Å². The summed E-state index contributed by atoms with van der Waals surface area (Å²) in [4.78, 5) is 2.55. The third kappa shape index (κ3) is 2.90. The van der Waals surface area contributed by atoms with E-state index < -0.39 is 0 Å². The van der Waals surface area contributed by atoms with Gasteiger partial charge in [-0.05, 0) is 56.7 Å². The Labute approximate surface area is 123 Å². The number of likely N-dealkylation sites (tertiary alicyclic amines) is 1. The van der Waals surface area contributed by atoms with Crippen LogP contribution in [0.4, 0.5) is 0 Å². The van der Waals surface area contributed by atoms with E-state index in [4.69, 9.17) is 11.6 Å². The zero-order valence-electron chi connectivity index (χ0n) is 10.9. The van der Waals surface area contributed by atoms with Crippen LogP contribution in [0.3, 0.4) is 0 Å². The van der Waals surface area contributed by atoms with Gasteiger partial charge in [0, 0.05) is 15.5 Å². The van der Waals surface area contributed by atoms with Gasteiger partial charge in [-0.25, -0.2) is 0 Å². The van der Waals surface area contributed by atoms with Crippen molar-refractivity contribution in [2.75, 3.05) is 26.7 Å². The van der Waals surface area contributed by atoms with Crippen LogP contribution in [0.25, 0.3) is 0 Å². The Balaban J connectivity index is 2.31. The molecule has 1 fully saturated rings. The first kappa shape index (κ1) is 14.3. The molecule has 2 atom stereocenters. The molecule has 100 valence electrons. The summed E-state index contributed by atoms with van der Waals surface area (Å²) in [7, 11) is 2.03. The van der Waals surface area contributed by atoms with Gasteiger partial charge in [-0.1, -0.05) is 40.5 Å². The standard InChI is InChI=1S/C14H20BrClN2/c1-3-18-7-6-10(9-17-2)14(18)12-5-4-11(16)8-13(12)15/h4-5,8,10,14,17H,3,6-7,9H2,1-2H3. The summed E-state index contributed by atoms with van der Waals surface area (Å²) in [6.07, 6.45) is 1.26. The largest absolute Gasteiger partial charge is 0.319 e. The fourth-order valence-electron chi connectivity index (χ4n) is 2.95. The fourth-order valence-corrected chi connectivity index (χ4v) is 3.87. The minimum absolute atomic E-state index is 0.495. The third-order valence-electron chi connectivity index (χ3n) is 3.78. The first-order valence-electron chi connectivity index (χ1n) is 6.51. The first-order valence-corrected chi connectivity index (χ1v) is 7.68. The molecule has 2 nitrogen and oxygen atoms in total. The molecular formula is C14H20BrClN2. The van der Waals surface area contributed by atoms with E-state index in [9.17, 15) is 0 Å². The monoisotopic (exact) mass is 330 g/mol. The topological polar surface area (TPSA) is 15.3 Å². The lowest BCUT2D eigenvalue weighted by molar-refractivity contribution is 0.237. The molecule has 0 spiro atoms. The first-order chi connectivity index (χ1) is 8.67.